The van der Waals surface area contributed by atoms with Gasteiger partial charge in [-0.05, 0) is 51.3 Å². The molecule has 3 N–H and O–H groups in total. The maximum atomic E-state index is 13.5. The van der Waals surface area contributed by atoms with Crippen LogP contribution >= 0.6 is 0 Å². The smallest absolute Gasteiger partial charge is 0.336 e. The van der Waals surface area contributed by atoms with E-state index in [1.807, 2.05) is 50.2 Å². The number of nitro groups is 1. The number of allylic oxidation sites excluding steroid dienone is 2. The van der Waals surface area contributed by atoms with E-state index >= 15 is 0 Å². The lowest BCUT2D eigenvalue weighted by Crippen LogP contribution is -2.35. The number of carbonyl (C=O) groups is 2. The van der Waals surface area contributed by atoms with Gasteiger partial charge in [0.05, 0.1) is 41.8 Å². The Morgan fingerprint density at radius 1 is 0.898 bits per heavy atom. The molecular formula is C37H45N3O9. The van der Waals surface area contributed by atoms with Crippen molar-refractivity contribution in [1.29, 1.82) is 0 Å². The molecule has 12 heteroatoms. The predicted molar refractivity (Wildman–Crippen MR) is 185 cm³/mol. The highest BCUT2D eigenvalue weighted by atomic mass is 16.6. The number of benzene rings is 3. The van der Waals surface area contributed by atoms with Crippen molar-refractivity contribution >= 4 is 28.4 Å². The summed E-state index contributed by atoms with van der Waals surface area (Å²) in [5.41, 5.74) is 1.59. The number of non-ortho nitro benzene ring substituents is 1. The van der Waals surface area contributed by atoms with Crippen LogP contribution in [-0.4, -0.2) is 67.1 Å². The van der Waals surface area contributed by atoms with Gasteiger partial charge in [0.2, 0.25) is 0 Å². The zero-order chi connectivity index (χ0) is 35.5. The maximum Gasteiger partial charge on any atom is 0.336 e. The Morgan fingerprint density at radius 3 is 2.10 bits per heavy atom. The van der Waals surface area contributed by atoms with Gasteiger partial charge >= 0.3 is 11.9 Å². The monoisotopic (exact) mass is 675 g/mol. The topological polar surface area (TPSA) is 158 Å². The first-order valence-electron chi connectivity index (χ1n) is 16.5. The molecule has 12 nitrogen and oxygen atoms in total. The second kappa shape index (κ2) is 17.5. The molecule has 0 bridgehead atoms. The Labute approximate surface area is 286 Å². The Kier molecular flexibility index (Phi) is 13.1. The van der Waals surface area contributed by atoms with Gasteiger partial charge in [0.1, 0.15) is 24.2 Å². The van der Waals surface area contributed by atoms with E-state index in [4.69, 9.17) is 18.9 Å². The first kappa shape index (κ1) is 36.9. The first-order chi connectivity index (χ1) is 23.5. The van der Waals surface area contributed by atoms with Crippen LogP contribution in [0.1, 0.15) is 58.9 Å². The summed E-state index contributed by atoms with van der Waals surface area (Å²) in [5.74, 6) is -0.841. The lowest BCUT2D eigenvalue weighted by atomic mass is 9.80. The number of nitro benzene ring substituents is 1. The Bertz CT molecular complexity index is 1720. The second-order valence-electron chi connectivity index (χ2n) is 12.0. The molecule has 4 rings (SSSR count). The summed E-state index contributed by atoms with van der Waals surface area (Å²) in [6.45, 7) is 10.3. The standard InChI is InChI=1S/C37H45N3O9/c1-6-46-36(42)33-24(4)39-25(5)34(35(33)26-12-9-13-27(20-26)40(44)45)37(43)48-19-8-7-18-47-31-16-10-15-30-29(31)14-11-17-32(30)49-22-28(41)21-38-23(2)3/h9-17,20,23,28,35,38-39,41H,6-8,18-19,21-22H2,1-5H3. The zero-order valence-corrected chi connectivity index (χ0v) is 28.6. The summed E-state index contributed by atoms with van der Waals surface area (Å²) >= 11 is 0. The van der Waals surface area contributed by atoms with Gasteiger partial charge in [-0.25, -0.2) is 9.59 Å². The van der Waals surface area contributed by atoms with Crippen LogP contribution in [-0.2, 0) is 19.1 Å². The van der Waals surface area contributed by atoms with E-state index in [1.54, 1.807) is 26.8 Å². The molecule has 262 valence electrons. The van der Waals surface area contributed by atoms with Crippen LogP contribution in [0.4, 0.5) is 5.69 Å². The van der Waals surface area contributed by atoms with E-state index in [-0.39, 0.29) is 42.7 Å². The van der Waals surface area contributed by atoms with Crippen LogP contribution in [0, 0.1) is 10.1 Å². The van der Waals surface area contributed by atoms with Crippen molar-refractivity contribution < 1.29 is 38.6 Å². The number of aliphatic hydroxyl groups excluding tert-OH is 1. The third-order valence-corrected chi connectivity index (χ3v) is 7.95. The van der Waals surface area contributed by atoms with Gasteiger partial charge in [-0.15, -0.1) is 0 Å². The zero-order valence-electron chi connectivity index (χ0n) is 28.6. The highest BCUT2D eigenvalue weighted by Crippen LogP contribution is 2.40. The van der Waals surface area contributed by atoms with Crippen LogP contribution in [0.25, 0.3) is 10.8 Å². The van der Waals surface area contributed by atoms with Crippen LogP contribution < -0.4 is 20.1 Å². The molecule has 0 radical (unpaired) electrons. The Hall–Kier alpha value is -4.94. The molecule has 49 heavy (non-hydrogen) atoms. The largest absolute Gasteiger partial charge is 0.493 e. The van der Waals surface area contributed by atoms with E-state index in [2.05, 4.69) is 10.6 Å². The average molecular weight is 676 g/mol. The van der Waals surface area contributed by atoms with Crippen LogP contribution in [0.5, 0.6) is 11.5 Å². The number of nitrogens with zero attached hydrogens (tertiary/aromatic N) is 1. The van der Waals surface area contributed by atoms with Crippen LogP contribution in [0.2, 0.25) is 0 Å². The second-order valence-corrected chi connectivity index (χ2v) is 12.0. The summed E-state index contributed by atoms with van der Waals surface area (Å²) in [7, 11) is 0. The maximum absolute atomic E-state index is 13.5. The fourth-order valence-corrected chi connectivity index (χ4v) is 5.64. The molecule has 1 aliphatic rings. The molecule has 1 aliphatic heterocycles. The third kappa shape index (κ3) is 9.58. The van der Waals surface area contributed by atoms with Crippen LogP contribution in [0.15, 0.2) is 83.2 Å². The molecule has 0 amide bonds. The van der Waals surface area contributed by atoms with Gasteiger partial charge in [0.15, 0.2) is 0 Å². The first-order valence-corrected chi connectivity index (χ1v) is 16.5. The van der Waals surface area contributed by atoms with Gasteiger partial charge in [0, 0.05) is 46.9 Å². The number of aliphatic hydroxyl groups is 1. The van der Waals surface area contributed by atoms with E-state index in [1.165, 1.54) is 18.2 Å². The van der Waals surface area contributed by atoms with Crippen molar-refractivity contribution in [3.8, 4) is 11.5 Å². The molecule has 3 aromatic rings. The van der Waals surface area contributed by atoms with Crippen molar-refractivity contribution in [1.82, 2.24) is 10.6 Å². The number of rotatable bonds is 17. The average Bonchev–Trinajstić information content (AvgIpc) is 3.07. The Morgan fingerprint density at radius 2 is 1.49 bits per heavy atom. The summed E-state index contributed by atoms with van der Waals surface area (Å²) in [6, 6.07) is 17.5. The number of esters is 2. The number of fused-ring (bicyclic) bond motifs is 1. The van der Waals surface area contributed by atoms with E-state index in [0.717, 1.165) is 10.8 Å². The summed E-state index contributed by atoms with van der Waals surface area (Å²) in [5, 5.41) is 29.8. The fourth-order valence-electron chi connectivity index (χ4n) is 5.64. The molecule has 3 aromatic carbocycles. The predicted octanol–water partition coefficient (Wildman–Crippen LogP) is 5.69. The lowest BCUT2D eigenvalue weighted by molar-refractivity contribution is -0.384. The minimum atomic E-state index is -0.920. The van der Waals surface area contributed by atoms with Crippen molar-refractivity contribution in [2.75, 3.05) is 33.0 Å². The molecule has 2 unspecified atom stereocenters. The van der Waals surface area contributed by atoms with Gasteiger partial charge in [-0.2, -0.15) is 0 Å². The number of unbranched alkanes of at least 4 members (excludes halogenated alkanes) is 1. The number of hydrogen-bond donors (Lipinski definition) is 3. The lowest BCUT2D eigenvalue weighted by Gasteiger charge is -2.30. The van der Waals surface area contributed by atoms with Crippen molar-refractivity contribution in [2.24, 2.45) is 0 Å². The normalized spacial score (nSPS) is 15.2. The van der Waals surface area contributed by atoms with E-state index < -0.39 is 28.9 Å². The number of nitrogens with one attached hydrogen (secondary N) is 2. The van der Waals surface area contributed by atoms with Gasteiger partial charge in [0.25, 0.3) is 5.69 Å². The number of ether oxygens (including phenoxy) is 4. The SMILES string of the molecule is CCOC(=O)C1=C(C)NC(C)=C(C(=O)OCCCCOc2cccc3c(OCC(O)CNC(C)C)cccc23)C1c1cccc([N+](=O)[O-])c1. The number of hydrogen-bond acceptors (Lipinski definition) is 11. The summed E-state index contributed by atoms with van der Waals surface area (Å²) in [4.78, 5) is 37.6. The van der Waals surface area contributed by atoms with Crippen molar-refractivity contribution in [2.45, 2.75) is 65.5 Å². The molecule has 1 heterocycles. The molecule has 0 saturated heterocycles. The summed E-state index contributed by atoms with van der Waals surface area (Å²) in [6.07, 6.45) is 0.451. The molecule has 0 saturated carbocycles. The van der Waals surface area contributed by atoms with E-state index in [0.29, 0.717) is 54.4 Å². The van der Waals surface area contributed by atoms with Gasteiger partial charge < -0.3 is 34.7 Å². The Balaban J connectivity index is 1.38. The minimum absolute atomic E-state index is 0.0968. The van der Waals surface area contributed by atoms with Crippen molar-refractivity contribution in [3.63, 3.8) is 0 Å². The fraction of sp³-hybridized carbons (Fsp3) is 0.405. The highest BCUT2D eigenvalue weighted by molar-refractivity contribution is 6.00. The molecule has 0 aromatic heterocycles. The summed E-state index contributed by atoms with van der Waals surface area (Å²) < 4.78 is 23.0. The minimum Gasteiger partial charge on any atom is -0.493 e. The van der Waals surface area contributed by atoms with Crippen molar-refractivity contribution in [3.05, 3.63) is 98.9 Å². The molecule has 0 aliphatic carbocycles. The van der Waals surface area contributed by atoms with Gasteiger partial charge in [-0.3, -0.25) is 10.1 Å². The molecule has 0 fully saturated rings. The van der Waals surface area contributed by atoms with Crippen LogP contribution in [0.3, 0.4) is 0 Å². The quantitative estimate of drug-likeness (QED) is 0.0699. The molecular weight excluding hydrogens is 630 g/mol. The van der Waals surface area contributed by atoms with E-state index in [9.17, 15) is 24.8 Å². The number of dihydropyridines is 1. The highest BCUT2D eigenvalue weighted by Gasteiger charge is 2.38. The molecule has 2 atom stereocenters. The van der Waals surface area contributed by atoms with Gasteiger partial charge in [-0.1, -0.05) is 50.2 Å². The molecule has 0 spiro atoms. The third-order valence-electron chi connectivity index (χ3n) is 7.95. The number of carbonyl (C=O) groups excluding carboxylic acids is 2.